The van der Waals surface area contributed by atoms with Crippen LogP contribution in [0.1, 0.15) is 18.1 Å². The molecule has 2 aromatic carbocycles. The lowest BCUT2D eigenvalue weighted by atomic mass is 10.1. The predicted molar refractivity (Wildman–Crippen MR) is 98.9 cm³/mol. The smallest absolute Gasteiger partial charge is 0.243 e. The third-order valence-corrected chi connectivity index (χ3v) is 3.71. The Balaban J connectivity index is 1.97. The lowest BCUT2D eigenvalue weighted by Crippen LogP contribution is -2.41. The number of carbonyl (C=O) groups is 1. The van der Waals surface area contributed by atoms with E-state index in [0.29, 0.717) is 18.1 Å². The normalized spacial score (nSPS) is 11.3. The molecule has 0 aromatic heterocycles. The molecule has 0 saturated carbocycles. The molecule has 0 fully saturated rings. The molecule has 2 rings (SSSR count). The number of rotatable bonds is 6. The van der Waals surface area contributed by atoms with Crippen LogP contribution in [0.2, 0.25) is 0 Å². The topological polar surface area (TPSA) is 65.5 Å². The fourth-order valence-corrected chi connectivity index (χ4v) is 2.30. The van der Waals surface area contributed by atoms with Crippen molar-refractivity contribution in [3.05, 3.63) is 64.7 Å². The number of carbonyl (C=O) groups excluding carboxylic acids is 1. The summed E-state index contributed by atoms with van der Waals surface area (Å²) >= 11 is 0. The van der Waals surface area contributed by atoms with E-state index in [9.17, 15) is 22.4 Å². The summed E-state index contributed by atoms with van der Waals surface area (Å²) in [5, 5.41) is 7.83. The first-order valence-electron chi connectivity index (χ1n) is 8.52. The van der Waals surface area contributed by atoms with Gasteiger partial charge in [0.15, 0.2) is 23.4 Å². The molecule has 0 aliphatic carbocycles. The molecule has 0 saturated heterocycles. The van der Waals surface area contributed by atoms with Gasteiger partial charge >= 0.3 is 0 Å². The monoisotopic (exact) mass is 396 g/mol. The predicted octanol–water partition coefficient (Wildman–Crippen LogP) is 3.25. The zero-order chi connectivity index (χ0) is 20.7. The first-order valence-corrected chi connectivity index (χ1v) is 8.52. The summed E-state index contributed by atoms with van der Waals surface area (Å²) in [5.41, 5.74) is 0.817. The van der Waals surface area contributed by atoms with Crippen LogP contribution in [0.15, 0.2) is 35.3 Å². The Morgan fingerprint density at radius 2 is 1.71 bits per heavy atom. The number of benzene rings is 2. The second-order valence-electron chi connectivity index (χ2n) is 5.90. The summed E-state index contributed by atoms with van der Waals surface area (Å²) in [6, 6.07) is 6.28. The van der Waals surface area contributed by atoms with Gasteiger partial charge in [-0.3, -0.25) is 4.79 Å². The molecule has 0 bridgehead atoms. The average molecular weight is 396 g/mol. The number of aliphatic imine (C=N–C) groups is 1. The third kappa shape index (κ3) is 5.70. The molecule has 0 heterocycles. The molecule has 9 heteroatoms. The van der Waals surface area contributed by atoms with Gasteiger partial charge in [0, 0.05) is 6.54 Å². The highest BCUT2D eigenvalue weighted by atomic mass is 19.2. The number of amides is 1. The van der Waals surface area contributed by atoms with Crippen LogP contribution in [0, 0.1) is 30.2 Å². The Bertz CT molecular complexity index is 886. The van der Waals surface area contributed by atoms with Gasteiger partial charge in [0.2, 0.25) is 5.91 Å². The Morgan fingerprint density at radius 3 is 2.39 bits per heavy atom. The van der Waals surface area contributed by atoms with Crippen LogP contribution in [0.4, 0.5) is 23.2 Å². The van der Waals surface area contributed by atoms with Crippen molar-refractivity contribution in [1.82, 2.24) is 10.6 Å². The van der Waals surface area contributed by atoms with Gasteiger partial charge in [0.1, 0.15) is 5.82 Å². The second kappa shape index (κ2) is 9.72. The van der Waals surface area contributed by atoms with Gasteiger partial charge in [-0.15, -0.1) is 0 Å². The second-order valence-corrected chi connectivity index (χ2v) is 5.90. The first-order chi connectivity index (χ1) is 13.3. The fraction of sp³-hybridized carbons (Fsp3) is 0.263. The molecule has 0 unspecified atom stereocenters. The van der Waals surface area contributed by atoms with E-state index < -0.39 is 29.0 Å². The summed E-state index contributed by atoms with van der Waals surface area (Å²) in [4.78, 5) is 16.2. The Morgan fingerprint density at radius 1 is 1.00 bits per heavy atom. The van der Waals surface area contributed by atoms with E-state index in [1.807, 2.05) is 6.92 Å². The minimum atomic E-state index is -1.66. The SMILES string of the molecule is CCNC(=NCc1ccc(F)c(C)c1)NCC(=O)Nc1ccc(F)c(F)c1F. The molecule has 3 N–H and O–H groups in total. The number of guanidine groups is 1. The maximum absolute atomic E-state index is 13.6. The number of anilines is 1. The quantitative estimate of drug-likeness (QED) is 0.304. The summed E-state index contributed by atoms with van der Waals surface area (Å²) in [6.45, 7) is 3.96. The molecule has 0 spiro atoms. The van der Waals surface area contributed by atoms with Crippen LogP contribution in [-0.4, -0.2) is 25.0 Å². The third-order valence-electron chi connectivity index (χ3n) is 3.71. The van der Waals surface area contributed by atoms with Crippen molar-refractivity contribution in [2.24, 2.45) is 4.99 Å². The molecule has 0 aliphatic heterocycles. The minimum absolute atomic E-state index is 0.246. The van der Waals surface area contributed by atoms with E-state index >= 15 is 0 Å². The molecule has 0 radical (unpaired) electrons. The number of nitrogens with zero attached hydrogens (tertiary/aromatic N) is 1. The maximum Gasteiger partial charge on any atom is 0.243 e. The van der Waals surface area contributed by atoms with Crippen molar-refractivity contribution < 1.29 is 22.4 Å². The van der Waals surface area contributed by atoms with Crippen LogP contribution < -0.4 is 16.0 Å². The Hall–Kier alpha value is -3.10. The first kappa shape index (κ1) is 21.2. The molecule has 150 valence electrons. The standard InChI is InChI=1S/C19H20F4N4O/c1-3-24-19(25-9-12-4-5-13(20)11(2)8-12)26-10-16(28)27-15-7-6-14(21)17(22)18(15)23/h4-8H,3,9-10H2,1-2H3,(H,27,28)(H2,24,25,26). The van der Waals surface area contributed by atoms with Crippen molar-refractivity contribution in [2.75, 3.05) is 18.4 Å². The van der Waals surface area contributed by atoms with E-state index in [0.717, 1.165) is 17.7 Å². The minimum Gasteiger partial charge on any atom is -0.357 e. The van der Waals surface area contributed by atoms with Gasteiger partial charge in [-0.25, -0.2) is 22.6 Å². The number of hydrogen-bond donors (Lipinski definition) is 3. The highest BCUT2D eigenvalue weighted by Gasteiger charge is 2.15. The largest absolute Gasteiger partial charge is 0.357 e. The van der Waals surface area contributed by atoms with Crippen LogP contribution in [0.25, 0.3) is 0 Å². The number of nitrogens with one attached hydrogen (secondary N) is 3. The fourth-order valence-electron chi connectivity index (χ4n) is 2.30. The van der Waals surface area contributed by atoms with E-state index in [1.165, 1.54) is 6.07 Å². The highest BCUT2D eigenvalue weighted by Crippen LogP contribution is 2.19. The van der Waals surface area contributed by atoms with Gasteiger partial charge in [0.05, 0.1) is 18.8 Å². The van der Waals surface area contributed by atoms with Gasteiger partial charge in [-0.2, -0.15) is 0 Å². The van der Waals surface area contributed by atoms with Crippen molar-refractivity contribution in [3.8, 4) is 0 Å². The van der Waals surface area contributed by atoms with E-state index in [-0.39, 0.29) is 18.9 Å². The molecular formula is C19H20F4N4O. The average Bonchev–Trinajstić information content (AvgIpc) is 2.67. The lowest BCUT2D eigenvalue weighted by Gasteiger charge is -2.12. The van der Waals surface area contributed by atoms with E-state index in [1.54, 1.807) is 19.1 Å². The summed E-state index contributed by atoms with van der Waals surface area (Å²) in [7, 11) is 0. The maximum atomic E-state index is 13.6. The Kier molecular flexibility index (Phi) is 7.36. The van der Waals surface area contributed by atoms with Crippen molar-refractivity contribution in [2.45, 2.75) is 20.4 Å². The summed E-state index contributed by atoms with van der Waals surface area (Å²) in [5.74, 6) is -5.14. The zero-order valence-electron chi connectivity index (χ0n) is 15.4. The van der Waals surface area contributed by atoms with Gasteiger partial charge < -0.3 is 16.0 Å². The molecule has 0 aliphatic rings. The number of aryl methyl sites for hydroxylation is 1. The molecule has 5 nitrogen and oxygen atoms in total. The van der Waals surface area contributed by atoms with Crippen LogP contribution in [-0.2, 0) is 11.3 Å². The number of halogens is 4. The zero-order valence-corrected chi connectivity index (χ0v) is 15.4. The summed E-state index contributed by atoms with van der Waals surface area (Å²) < 4.78 is 53.0. The van der Waals surface area contributed by atoms with Gasteiger partial charge in [0.25, 0.3) is 0 Å². The summed E-state index contributed by atoms with van der Waals surface area (Å²) in [6.07, 6.45) is 0. The van der Waals surface area contributed by atoms with Crippen LogP contribution in [0.3, 0.4) is 0 Å². The van der Waals surface area contributed by atoms with Crippen molar-refractivity contribution >= 4 is 17.6 Å². The Labute approximate surface area is 159 Å². The van der Waals surface area contributed by atoms with E-state index in [2.05, 4.69) is 20.9 Å². The van der Waals surface area contributed by atoms with Crippen molar-refractivity contribution in [1.29, 1.82) is 0 Å². The molecule has 2 aromatic rings. The molecule has 0 atom stereocenters. The molecular weight excluding hydrogens is 376 g/mol. The lowest BCUT2D eigenvalue weighted by molar-refractivity contribution is -0.115. The van der Waals surface area contributed by atoms with Crippen LogP contribution in [0.5, 0.6) is 0 Å². The van der Waals surface area contributed by atoms with Crippen LogP contribution >= 0.6 is 0 Å². The van der Waals surface area contributed by atoms with Crippen molar-refractivity contribution in [3.63, 3.8) is 0 Å². The molecule has 28 heavy (non-hydrogen) atoms. The van der Waals surface area contributed by atoms with E-state index in [4.69, 9.17) is 0 Å². The molecule has 1 amide bonds. The van der Waals surface area contributed by atoms with Gasteiger partial charge in [-0.05, 0) is 43.2 Å². The van der Waals surface area contributed by atoms with Gasteiger partial charge in [-0.1, -0.05) is 12.1 Å². The highest BCUT2D eigenvalue weighted by molar-refractivity contribution is 5.95. The number of hydrogen-bond acceptors (Lipinski definition) is 2.